The minimum atomic E-state index is -0.446. The van der Waals surface area contributed by atoms with Gasteiger partial charge in [0, 0.05) is 0 Å². The van der Waals surface area contributed by atoms with Crippen LogP contribution in [0.1, 0.15) is 44.5 Å². The van der Waals surface area contributed by atoms with E-state index in [-0.39, 0.29) is 0 Å². The average molecular weight is 1240 g/mol. The molecular weight excluding hydrogens is 1180 g/mol. The molecule has 4 aliphatic rings. The van der Waals surface area contributed by atoms with Crippen molar-refractivity contribution >= 4 is 64.6 Å². The fourth-order valence-electron chi connectivity index (χ4n) is 19.2. The van der Waals surface area contributed by atoms with Crippen molar-refractivity contribution in [2.24, 2.45) is 0 Å². The van der Waals surface area contributed by atoms with Crippen LogP contribution in [0.2, 0.25) is 0 Å². The van der Waals surface area contributed by atoms with E-state index in [2.05, 4.69) is 352 Å². The summed E-state index contributed by atoms with van der Waals surface area (Å²) in [4.78, 5) is 0. The lowest BCUT2D eigenvalue weighted by atomic mass is 9.70. The molecule has 0 aliphatic heterocycles. The second-order valence-electron chi connectivity index (χ2n) is 27.5. The molecule has 0 saturated carbocycles. The maximum absolute atomic E-state index is 2.51. The molecule has 0 amide bonds. The Kier molecular flexibility index (Phi) is 11.0. The predicted molar refractivity (Wildman–Crippen MR) is 411 cm³/mol. The molecule has 0 heterocycles. The van der Waals surface area contributed by atoms with Crippen molar-refractivity contribution in [2.45, 2.75) is 10.8 Å². The van der Waals surface area contributed by atoms with Gasteiger partial charge in [0.15, 0.2) is 0 Å². The molecule has 4 aliphatic carbocycles. The molecule has 0 bridgehead atoms. The normalized spacial score (nSPS) is 15.6. The van der Waals surface area contributed by atoms with E-state index in [9.17, 15) is 0 Å². The third-order valence-corrected chi connectivity index (χ3v) is 23.1. The molecule has 0 heteroatoms. The van der Waals surface area contributed by atoms with E-state index < -0.39 is 10.8 Å². The van der Waals surface area contributed by atoms with E-state index in [1.807, 2.05) is 0 Å². The number of fused-ring (bicyclic) bond motifs is 28. The molecule has 2 atom stereocenters. The van der Waals surface area contributed by atoms with Gasteiger partial charge in [-0.15, -0.1) is 0 Å². The van der Waals surface area contributed by atoms with Crippen LogP contribution in [0, 0.1) is 0 Å². The summed E-state index contributed by atoms with van der Waals surface area (Å²) in [7, 11) is 0. The van der Waals surface area contributed by atoms with Crippen molar-refractivity contribution in [1.29, 1.82) is 0 Å². The lowest BCUT2D eigenvalue weighted by Gasteiger charge is -2.31. The Balaban J connectivity index is 0.662. The summed E-state index contributed by atoms with van der Waals surface area (Å²) < 4.78 is 0. The first kappa shape index (κ1) is 53.8. The van der Waals surface area contributed by atoms with Crippen LogP contribution in [-0.4, -0.2) is 0 Å². The molecule has 2 unspecified atom stereocenters. The minimum absolute atomic E-state index is 0.446. The Morgan fingerprint density at radius 2 is 0.388 bits per heavy atom. The summed E-state index contributed by atoms with van der Waals surface area (Å²) in [6, 6.07) is 134. The molecule has 18 aromatic carbocycles. The summed E-state index contributed by atoms with van der Waals surface area (Å²) in [5, 5.41) is 15.1. The Bertz CT molecular complexity index is 6030. The van der Waals surface area contributed by atoms with Crippen molar-refractivity contribution in [3.8, 4) is 100 Å². The standard InChI is InChI=1S/C98H58/c1-3-23-67-61(21-1)51-55-87-93(67)81-35-15-19-39-85(81)97(87)83-37-17-13-25-69(83)71-53-49-65(57-89(71)97)59-41-45-63(46-42-59)91-73-27-5-9-31-77(73)95(78-32-10-6-28-74(78)91)96-79-33-11-7-29-75(79)92(76-30-8-12-34-80(76)96)64-47-43-60(44-48-64)66-50-54-72-70-26-14-18-38-84(70)98(90(72)58-66)86-40-20-16-36-82(86)94-68-24-4-2-22-62(68)52-56-88(94)98/h1-58H. The Morgan fingerprint density at radius 3 is 0.745 bits per heavy atom. The second-order valence-corrected chi connectivity index (χ2v) is 27.5. The third kappa shape index (κ3) is 6.98. The predicted octanol–water partition coefficient (Wildman–Crippen LogP) is 25.6. The van der Waals surface area contributed by atoms with Gasteiger partial charge in [0.1, 0.15) is 0 Å². The molecule has 0 fully saturated rings. The first-order valence-corrected chi connectivity index (χ1v) is 34.5. The van der Waals surface area contributed by atoms with Gasteiger partial charge in [-0.3, -0.25) is 0 Å². The maximum atomic E-state index is 2.51. The number of rotatable bonds is 5. The second kappa shape index (κ2) is 20.0. The van der Waals surface area contributed by atoms with Crippen LogP contribution in [0.25, 0.3) is 165 Å². The molecule has 0 radical (unpaired) electrons. The largest absolute Gasteiger partial charge is 0.0725 e. The molecule has 0 nitrogen and oxygen atoms in total. The van der Waals surface area contributed by atoms with Crippen LogP contribution >= 0.6 is 0 Å². The van der Waals surface area contributed by atoms with Crippen molar-refractivity contribution in [3.05, 3.63) is 396 Å². The van der Waals surface area contributed by atoms with Gasteiger partial charge < -0.3 is 0 Å². The highest BCUT2D eigenvalue weighted by Gasteiger charge is 2.54. The maximum Gasteiger partial charge on any atom is 0.0725 e. The molecule has 2 spiro atoms. The molecule has 18 aromatic rings. The number of hydrogen-bond acceptors (Lipinski definition) is 0. The van der Waals surface area contributed by atoms with Gasteiger partial charge in [-0.1, -0.05) is 340 Å². The van der Waals surface area contributed by atoms with E-state index in [0.717, 1.165) is 0 Å². The van der Waals surface area contributed by atoms with Gasteiger partial charge in [-0.2, -0.15) is 0 Å². The monoisotopic (exact) mass is 1230 g/mol. The molecule has 0 N–H and O–H groups in total. The third-order valence-electron chi connectivity index (χ3n) is 23.1. The Hall–Kier alpha value is -12.5. The lowest BCUT2D eigenvalue weighted by molar-refractivity contribution is 0.795. The quantitative estimate of drug-likeness (QED) is 0.151. The first-order valence-electron chi connectivity index (χ1n) is 34.5. The number of hydrogen-bond donors (Lipinski definition) is 0. The van der Waals surface area contributed by atoms with E-state index in [1.54, 1.807) is 0 Å². The van der Waals surface area contributed by atoms with Gasteiger partial charge >= 0.3 is 0 Å². The van der Waals surface area contributed by atoms with Crippen molar-refractivity contribution < 1.29 is 0 Å². The number of benzene rings is 18. The summed E-state index contributed by atoms with van der Waals surface area (Å²) in [5.74, 6) is 0. The van der Waals surface area contributed by atoms with E-state index in [1.165, 1.54) is 209 Å². The SMILES string of the molecule is c1ccc2c(c1)-c1ccc(-c3ccc(-c4c5ccccc5c(-c5c6ccccc6c(-c6ccc(-c7ccc8c(c7)C7(c9ccccc9-8)c8ccccc8-c8c7ccc7ccccc87)cc6)c6ccccc56)c5ccccc45)cc3)cc1C21c2ccccc2-c2c1ccc1ccccc21. The van der Waals surface area contributed by atoms with Crippen LogP contribution in [0.5, 0.6) is 0 Å². The fraction of sp³-hybridized carbons (Fsp3) is 0.0204. The minimum Gasteiger partial charge on any atom is -0.0619 e. The van der Waals surface area contributed by atoms with E-state index in [4.69, 9.17) is 0 Å². The molecule has 0 saturated heterocycles. The highest BCUT2D eigenvalue weighted by Crippen LogP contribution is 2.66. The van der Waals surface area contributed by atoms with Crippen LogP contribution in [-0.2, 0) is 10.8 Å². The van der Waals surface area contributed by atoms with Gasteiger partial charge in [0.05, 0.1) is 10.8 Å². The average Bonchev–Trinajstić information content (AvgIpc) is 1.50. The summed E-state index contributed by atoms with van der Waals surface area (Å²) >= 11 is 0. The Labute approximate surface area is 568 Å². The molecule has 98 heavy (non-hydrogen) atoms. The van der Waals surface area contributed by atoms with E-state index >= 15 is 0 Å². The topological polar surface area (TPSA) is 0 Å². The van der Waals surface area contributed by atoms with Gasteiger partial charge in [0.25, 0.3) is 0 Å². The summed E-state index contributed by atoms with van der Waals surface area (Å²) in [6.45, 7) is 0. The van der Waals surface area contributed by atoms with Gasteiger partial charge in [-0.05, 0) is 221 Å². The smallest absolute Gasteiger partial charge is 0.0619 e. The zero-order valence-corrected chi connectivity index (χ0v) is 53.5. The molecular formula is C98H58. The summed E-state index contributed by atoms with van der Waals surface area (Å²) in [5.41, 5.74) is 32.8. The Morgan fingerprint density at radius 1 is 0.133 bits per heavy atom. The van der Waals surface area contributed by atoms with Crippen molar-refractivity contribution in [1.82, 2.24) is 0 Å². The van der Waals surface area contributed by atoms with Gasteiger partial charge in [0.2, 0.25) is 0 Å². The summed E-state index contributed by atoms with van der Waals surface area (Å²) in [6.07, 6.45) is 0. The lowest BCUT2D eigenvalue weighted by Crippen LogP contribution is -2.25. The van der Waals surface area contributed by atoms with Crippen LogP contribution < -0.4 is 0 Å². The highest BCUT2D eigenvalue weighted by atomic mass is 14.5. The molecule has 450 valence electrons. The molecule has 22 rings (SSSR count). The van der Waals surface area contributed by atoms with Crippen molar-refractivity contribution in [2.75, 3.05) is 0 Å². The zero-order chi connectivity index (χ0) is 64.0. The van der Waals surface area contributed by atoms with Crippen LogP contribution in [0.3, 0.4) is 0 Å². The zero-order valence-electron chi connectivity index (χ0n) is 53.5. The van der Waals surface area contributed by atoms with Crippen molar-refractivity contribution in [3.63, 3.8) is 0 Å². The van der Waals surface area contributed by atoms with Crippen LogP contribution in [0.4, 0.5) is 0 Å². The van der Waals surface area contributed by atoms with Gasteiger partial charge in [-0.25, -0.2) is 0 Å². The van der Waals surface area contributed by atoms with Crippen LogP contribution in [0.15, 0.2) is 352 Å². The fourth-order valence-corrected chi connectivity index (χ4v) is 19.2. The highest BCUT2D eigenvalue weighted by molar-refractivity contribution is 6.30. The first-order chi connectivity index (χ1) is 48.6. The molecule has 0 aromatic heterocycles. The van der Waals surface area contributed by atoms with E-state index in [0.29, 0.717) is 0 Å².